The van der Waals surface area contributed by atoms with E-state index in [9.17, 15) is 0 Å². The number of ether oxygens (including phenoxy) is 1. The fraction of sp³-hybridized carbons (Fsp3) is 0.556. The second kappa shape index (κ2) is 8.11. The van der Waals surface area contributed by atoms with Gasteiger partial charge in [0.15, 0.2) is 0 Å². The molecule has 0 saturated heterocycles. The van der Waals surface area contributed by atoms with Crippen LogP contribution in [0.2, 0.25) is 0 Å². The molecule has 0 aliphatic carbocycles. The number of aromatic nitrogens is 3. The van der Waals surface area contributed by atoms with E-state index in [2.05, 4.69) is 38.0 Å². The molecule has 0 unspecified atom stereocenters. The Morgan fingerprint density at radius 1 is 1.13 bits per heavy atom. The smallest absolute Gasteiger partial charge is 0.119 e. The van der Waals surface area contributed by atoms with Gasteiger partial charge < -0.3 is 10.5 Å². The number of rotatable bonds is 8. The molecule has 0 atom stereocenters. The summed E-state index contributed by atoms with van der Waals surface area (Å²) in [5.41, 5.74) is 8.86. The van der Waals surface area contributed by atoms with Crippen molar-refractivity contribution in [2.45, 2.75) is 53.0 Å². The van der Waals surface area contributed by atoms with Gasteiger partial charge in [-0.1, -0.05) is 32.9 Å². The van der Waals surface area contributed by atoms with Crippen LogP contribution in [0.4, 0.5) is 0 Å². The molecule has 126 valence electrons. The summed E-state index contributed by atoms with van der Waals surface area (Å²) in [5, 5.41) is 8.59. The molecule has 0 amide bonds. The van der Waals surface area contributed by atoms with Crippen LogP contribution in [0.15, 0.2) is 24.3 Å². The summed E-state index contributed by atoms with van der Waals surface area (Å²) in [6, 6.07) is 8.02. The highest BCUT2D eigenvalue weighted by Gasteiger charge is 2.20. The molecule has 0 bridgehead atoms. The summed E-state index contributed by atoms with van der Waals surface area (Å²) in [6.07, 6.45) is 2.10. The molecule has 1 aromatic carbocycles. The predicted octanol–water partition coefficient (Wildman–Crippen LogP) is 3.66. The minimum Gasteiger partial charge on any atom is -0.493 e. The molecule has 5 heteroatoms. The Labute approximate surface area is 138 Å². The second-order valence-electron chi connectivity index (χ2n) is 6.25. The Balaban J connectivity index is 2.29. The monoisotopic (exact) mass is 316 g/mol. The van der Waals surface area contributed by atoms with E-state index in [1.165, 1.54) is 0 Å². The van der Waals surface area contributed by atoms with Crippen LogP contribution in [0, 0.1) is 5.92 Å². The van der Waals surface area contributed by atoms with Gasteiger partial charge in [-0.25, -0.2) is 4.68 Å². The Hall–Kier alpha value is -1.88. The molecule has 2 rings (SSSR count). The van der Waals surface area contributed by atoms with Gasteiger partial charge >= 0.3 is 0 Å². The van der Waals surface area contributed by atoms with Crippen molar-refractivity contribution in [2.24, 2.45) is 11.7 Å². The van der Waals surface area contributed by atoms with Crippen LogP contribution < -0.4 is 10.5 Å². The molecule has 0 spiro atoms. The minimum atomic E-state index is 0.417. The van der Waals surface area contributed by atoms with Crippen LogP contribution in [0.25, 0.3) is 5.69 Å². The Morgan fingerprint density at radius 2 is 1.78 bits per heavy atom. The van der Waals surface area contributed by atoms with Crippen LogP contribution >= 0.6 is 0 Å². The first-order valence-electron chi connectivity index (χ1n) is 8.48. The average Bonchev–Trinajstić information content (AvgIpc) is 2.98. The topological polar surface area (TPSA) is 66.0 Å². The zero-order valence-electron chi connectivity index (χ0n) is 14.6. The minimum absolute atomic E-state index is 0.417. The van der Waals surface area contributed by atoms with Crippen molar-refractivity contribution in [1.29, 1.82) is 0 Å². The first-order chi connectivity index (χ1) is 11.1. The number of nitrogens with zero attached hydrogens (tertiary/aromatic N) is 3. The van der Waals surface area contributed by atoms with Crippen LogP contribution in [-0.2, 0) is 6.54 Å². The van der Waals surface area contributed by atoms with Gasteiger partial charge in [0.05, 0.1) is 18.0 Å². The lowest BCUT2D eigenvalue weighted by atomic mass is 9.97. The predicted molar refractivity (Wildman–Crippen MR) is 92.9 cm³/mol. The van der Waals surface area contributed by atoms with Gasteiger partial charge in [-0.2, -0.15) is 0 Å². The highest BCUT2D eigenvalue weighted by molar-refractivity contribution is 5.39. The Kier molecular flexibility index (Phi) is 6.16. The van der Waals surface area contributed by atoms with Gasteiger partial charge in [0.1, 0.15) is 11.4 Å². The lowest BCUT2D eigenvalue weighted by Crippen LogP contribution is -2.11. The molecule has 1 aromatic heterocycles. The maximum absolute atomic E-state index is 5.85. The van der Waals surface area contributed by atoms with E-state index >= 15 is 0 Å². The van der Waals surface area contributed by atoms with Crippen molar-refractivity contribution < 1.29 is 4.74 Å². The third-order valence-corrected chi connectivity index (χ3v) is 4.01. The number of nitrogens with two attached hydrogens (primary N) is 1. The van der Waals surface area contributed by atoms with Crippen molar-refractivity contribution in [1.82, 2.24) is 15.0 Å². The fourth-order valence-electron chi connectivity index (χ4n) is 2.69. The van der Waals surface area contributed by atoms with E-state index in [0.717, 1.165) is 42.3 Å². The summed E-state index contributed by atoms with van der Waals surface area (Å²) >= 11 is 0. The van der Waals surface area contributed by atoms with Crippen molar-refractivity contribution >= 4 is 0 Å². The van der Waals surface area contributed by atoms with Crippen LogP contribution in [-0.4, -0.2) is 21.6 Å². The third kappa shape index (κ3) is 4.10. The van der Waals surface area contributed by atoms with E-state index in [4.69, 9.17) is 10.5 Å². The van der Waals surface area contributed by atoms with Crippen molar-refractivity contribution in [3.8, 4) is 11.4 Å². The maximum atomic E-state index is 5.85. The molecular formula is C18H28N4O. The van der Waals surface area contributed by atoms with Crippen LogP contribution in [0.1, 0.15) is 57.8 Å². The van der Waals surface area contributed by atoms with Crippen LogP contribution in [0.5, 0.6) is 5.75 Å². The van der Waals surface area contributed by atoms with Gasteiger partial charge in [0.25, 0.3) is 0 Å². The summed E-state index contributed by atoms with van der Waals surface area (Å²) in [4.78, 5) is 0. The SMILES string of the molecule is CCC(CC)c1c(CN)nnn1-c1ccc(OCC(C)C)cc1. The number of hydrogen-bond donors (Lipinski definition) is 1. The molecular weight excluding hydrogens is 288 g/mol. The normalized spacial score (nSPS) is 11.4. The van der Waals surface area contributed by atoms with E-state index in [-0.39, 0.29) is 0 Å². The molecule has 0 aliphatic rings. The molecule has 23 heavy (non-hydrogen) atoms. The first-order valence-corrected chi connectivity index (χ1v) is 8.48. The third-order valence-electron chi connectivity index (χ3n) is 4.01. The lowest BCUT2D eigenvalue weighted by Gasteiger charge is -2.16. The van der Waals surface area contributed by atoms with Crippen molar-refractivity contribution in [3.63, 3.8) is 0 Å². The zero-order chi connectivity index (χ0) is 16.8. The molecule has 0 radical (unpaired) electrons. The van der Waals surface area contributed by atoms with Gasteiger partial charge in [-0.05, 0) is 43.0 Å². The van der Waals surface area contributed by atoms with E-state index < -0.39 is 0 Å². The van der Waals surface area contributed by atoms with Gasteiger partial charge in [-0.15, -0.1) is 5.10 Å². The molecule has 0 saturated carbocycles. The Bertz CT molecular complexity index is 600. The molecule has 1 heterocycles. The van der Waals surface area contributed by atoms with Crippen LogP contribution in [0.3, 0.4) is 0 Å². The summed E-state index contributed by atoms with van der Waals surface area (Å²) in [7, 11) is 0. The average molecular weight is 316 g/mol. The van der Waals surface area contributed by atoms with Gasteiger partial charge in [0, 0.05) is 12.5 Å². The van der Waals surface area contributed by atoms with Crippen molar-refractivity contribution in [3.05, 3.63) is 35.7 Å². The molecule has 5 nitrogen and oxygen atoms in total. The molecule has 0 fully saturated rings. The molecule has 2 aromatic rings. The summed E-state index contributed by atoms with van der Waals surface area (Å²) in [6.45, 7) is 9.80. The van der Waals surface area contributed by atoms with Gasteiger partial charge in [-0.3, -0.25) is 0 Å². The second-order valence-corrected chi connectivity index (χ2v) is 6.25. The highest BCUT2D eigenvalue weighted by Crippen LogP contribution is 2.28. The largest absolute Gasteiger partial charge is 0.493 e. The Morgan fingerprint density at radius 3 is 2.30 bits per heavy atom. The van der Waals surface area contributed by atoms with E-state index in [1.807, 2.05) is 28.9 Å². The van der Waals surface area contributed by atoms with Crippen molar-refractivity contribution in [2.75, 3.05) is 6.61 Å². The quantitative estimate of drug-likeness (QED) is 0.807. The molecule has 0 aliphatic heterocycles. The number of hydrogen-bond acceptors (Lipinski definition) is 4. The van der Waals surface area contributed by atoms with E-state index in [0.29, 0.717) is 18.4 Å². The lowest BCUT2D eigenvalue weighted by molar-refractivity contribution is 0.271. The highest BCUT2D eigenvalue weighted by atomic mass is 16.5. The first kappa shape index (κ1) is 17.5. The maximum Gasteiger partial charge on any atom is 0.119 e. The fourth-order valence-corrected chi connectivity index (χ4v) is 2.69. The zero-order valence-corrected chi connectivity index (χ0v) is 14.6. The molecule has 2 N–H and O–H groups in total. The number of benzene rings is 1. The summed E-state index contributed by atoms with van der Waals surface area (Å²) < 4.78 is 7.66. The standard InChI is InChI=1S/C18H28N4O/c1-5-14(6-2)18-17(11-19)20-21-22(18)15-7-9-16(10-8-15)23-12-13(3)4/h7-10,13-14H,5-6,11-12,19H2,1-4H3. The van der Waals surface area contributed by atoms with Gasteiger partial charge in [0.2, 0.25) is 0 Å². The summed E-state index contributed by atoms with van der Waals surface area (Å²) in [5.74, 6) is 1.81. The van der Waals surface area contributed by atoms with E-state index in [1.54, 1.807) is 0 Å².